The lowest BCUT2D eigenvalue weighted by molar-refractivity contribution is 0.209. The smallest absolute Gasteiger partial charge is 0.321 e. The van der Waals surface area contributed by atoms with E-state index in [1.165, 1.54) is 6.07 Å². The van der Waals surface area contributed by atoms with Crippen molar-refractivity contribution in [2.75, 3.05) is 25.0 Å². The van der Waals surface area contributed by atoms with Crippen LogP contribution >= 0.6 is 11.8 Å². The van der Waals surface area contributed by atoms with E-state index in [1.54, 1.807) is 23.1 Å². The molecule has 1 aliphatic rings. The number of carbonyl (C=O) groups is 1. The van der Waals surface area contributed by atoms with Crippen LogP contribution < -0.4 is 5.32 Å². The first-order valence-corrected chi connectivity index (χ1v) is 7.18. The third-order valence-electron chi connectivity index (χ3n) is 3.14. The number of nitrogens with one attached hydrogen (secondary N) is 1. The number of hydrogen-bond acceptors (Lipinski definition) is 3. The largest absolute Gasteiger partial charge is 0.396 e. The van der Waals surface area contributed by atoms with Crippen LogP contribution in [0.15, 0.2) is 29.2 Å². The molecule has 2 rings (SSSR count). The second-order valence-corrected chi connectivity index (χ2v) is 5.68. The molecule has 1 aromatic rings. The van der Waals surface area contributed by atoms with Crippen molar-refractivity contribution < 1.29 is 18.7 Å². The van der Waals surface area contributed by atoms with Gasteiger partial charge in [-0.25, -0.2) is 4.79 Å². The van der Waals surface area contributed by atoms with E-state index < -0.39 is 5.76 Å². The van der Waals surface area contributed by atoms with Gasteiger partial charge in [0.1, 0.15) is 0 Å². The number of rotatable bonds is 4. The van der Waals surface area contributed by atoms with Crippen molar-refractivity contribution in [1.29, 1.82) is 0 Å². The van der Waals surface area contributed by atoms with Crippen molar-refractivity contribution in [3.63, 3.8) is 0 Å². The number of carbonyl (C=O) groups excluding carboxylic acids is 1. The third kappa shape index (κ3) is 4.08. The number of amides is 2. The number of thioether (sulfide) groups is 1. The summed E-state index contributed by atoms with van der Waals surface area (Å²) < 4.78 is 24.6. The molecule has 0 spiro atoms. The Morgan fingerprint density at radius 1 is 1.55 bits per heavy atom. The zero-order chi connectivity index (χ0) is 14.5. The van der Waals surface area contributed by atoms with E-state index in [0.717, 1.165) is 6.42 Å². The van der Waals surface area contributed by atoms with Crippen molar-refractivity contribution in [2.45, 2.75) is 17.1 Å². The lowest BCUT2D eigenvalue weighted by atomic mass is 10.1. The zero-order valence-corrected chi connectivity index (χ0v) is 11.6. The molecule has 7 heteroatoms. The highest BCUT2D eigenvalue weighted by atomic mass is 32.2. The number of benzene rings is 1. The van der Waals surface area contributed by atoms with Gasteiger partial charge in [0, 0.05) is 36.2 Å². The average molecular weight is 302 g/mol. The maximum Gasteiger partial charge on any atom is 0.321 e. The number of nitrogens with zero attached hydrogens (tertiary/aromatic N) is 1. The van der Waals surface area contributed by atoms with Gasteiger partial charge in [-0.1, -0.05) is 17.8 Å². The molecule has 1 unspecified atom stereocenters. The topological polar surface area (TPSA) is 52.6 Å². The van der Waals surface area contributed by atoms with Crippen LogP contribution in [0.1, 0.15) is 6.42 Å². The monoisotopic (exact) mass is 302 g/mol. The number of anilines is 1. The molecular weight excluding hydrogens is 286 g/mol. The van der Waals surface area contributed by atoms with E-state index in [9.17, 15) is 13.6 Å². The van der Waals surface area contributed by atoms with Gasteiger partial charge in [0.15, 0.2) is 0 Å². The van der Waals surface area contributed by atoms with Gasteiger partial charge < -0.3 is 15.3 Å². The molecule has 1 saturated heterocycles. The van der Waals surface area contributed by atoms with E-state index in [4.69, 9.17) is 5.11 Å². The van der Waals surface area contributed by atoms with Gasteiger partial charge >= 0.3 is 6.03 Å². The highest BCUT2D eigenvalue weighted by molar-refractivity contribution is 7.99. The molecule has 2 amide bonds. The van der Waals surface area contributed by atoms with Crippen LogP contribution in [0.4, 0.5) is 19.3 Å². The Bertz CT molecular complexity index is 473. The summed E-state index contributed by atoms with van der Waals surface area (Å²) in [6.07, 6.45) is 0.783. The number of likely N-dealkylation sites (tertiary alicyclic amines) is 1. The van der Waals surface area contributed by atoms with Gasteiger partial charge in [-0.2, -0.15) is 8.78 Å². The number of hydrogen-bond donors (Lipinski definition) is 2. The average Bonchev–Trinajstić information content (AvgIpc) is 2.87. The molecule has 20 heavy (non-hydrogen) atoms. The Labute approximate surface area is 120 Å². The van der Waals surface area contributed by atoms with E-state index in [-0.39, 0.29) is 18.6 Å². The summed E-state index contributed by atoms with van der Waals surface area (Å²) in [4.78, 5) is 14.0. The minimum absolute atomic E-state index is 0.0737. The number of aliphatic hydroxyl groups is 1. The van der Waals surface area contributed by atoms with Crippen molar-refractivity contribution in [3.8, 4) is 0 Å². The second-order valence-electron chi connectivity index (χ2n) is 4.62. The Kier molecular flexibility index (Phi) is 5.19. The lowest BCUT2D eigenvalue weighted by Crippen LogP contribution is -2.33. The summed E-state index contributed by atoms with van der Waals surface area (Å²) in [5, 5.41) is 11.7. The first kappa shape index (κ1) is 15.1. The van der Waals surface area contributed by atoms with Crippen LogP contribution in [0.3, 0.4) is 0 Å². The van der Waals surface area contributed by atoms with Gasteiger partial charge in [0.2, 0.25) is 0 Å². The Balaban J connectivity index is 1.94. The van der Waals surface area contributed by atoms with Crippen molar-refractivity contribution in [3.05, 3.63) is 24.3 Å². The van der Waals surface area contributed by atoms with Crippen LogP contribution in [0.2, 0.25) is 0 Å². The summed E-state index contributed by atoms with van der Waals surface area (Å²) >= 11 is 0.445. The lowest BCUT2D eigenvalue weighted by Gasteiger charge is -2.17. The highest BCUT2D eigenvalue weighted by Crippen LogP contribution is 2.27. The molecular formula is C13H16F2N2O2S. The summed E-state index contributed by atoms with van der Waals surface area (Å²) in [7, 11) is 0. The maximum atomic E-state index is 12.3. The fourth-order valence-electron chi connectivity index (χ4n) is 2.12. The fraction of sp³-hybridized carbons (Fsp3) is 0.462. The van der Waals surface area contributed by atoms with Crippen LogP contribution in [-0.4, -0.2) is 41.5 Å². The van der Waals surface area contributed by atoms with Gasteiger partial charge in [-0.3, -0.25) is 0 Å². The minimum Gasteiger partial charge on any atom is -0.396 e. The van der Waals surface area contributed by atoms with E-state index in [0.29, 0.717) is 35.4 Å². The van der Waals surface area contributed by atoms with Crippen LogP contribution in [0.25, 0.3) is 0 Å². The first-order valence-electron chi connectivity index (χ1n) is 6.30. The summed E-state index contributed by atoms with van der Waals surface area (Å²) in [5.74, 6) is -2.36. The molecule has 110 valence electrons. The number of alkyl halides is 2. The summed E-state index contributed by atoms with van der Waals surface area (Å²) in [6.45, 7) is 1.20. The van der Waals surface area contributed by atoms with Crippen LogP contribution in [-0.2, 0) is 0 Å². The maximum absolute atomic E-state index is 12.3. The zero-order valence-electron chi connectivity index (χ0n) is 10.8. The van der Waals surface area contributed by atoms with Gasteiger partial charge in [0.25, 0.3) is 5.76 Å². The fourth-order valence-corrected chi connectivity index (χ4v) is 2.68. The molecule has 0 aromatic heterocycles. The van der Waals surface area contributed by atoms with Crippen molar-refractivity contribution in [1.82, 2.24) is 4.90 Å². The SMILES string of the molecule is O=C(Nc1cccc(SC(F)F)c1)N1CCC(CO)C1. The van der Waals surface area contributed by atoms with E-state index in [1.807, 2.05) is 0 Å². The van der Waals surface area contributed by atoms with Gasteiger partial charge in [0.05, 0.1) is 0 Å². The Morgan fingerprint density at radius 2 is 2.35 bits per heavy atom. The van der Waals surface area contributed by atoms with E-state index >= 15 is 0 Å². The van der Waals surface area contributed by atoms with Crippen molar-refractivity contribution >= 4 is 23.5 Å². The van der Waals surface area contributed by atoms with Gasteiger partial charge in [-0.15, -0.1) is 0 Å². The van der Waals surface area contributed by atoms with Crippen molar-refractivity contribution in [2.24, 2.45) is 5.92 Å². The molecule has 1 aliphatic heterocycles. The normalized spacial score (nSPS) is 18.6. The number of halogens is 2. The molecule has 2 N–H and O–H groups in total. The summed E-state index contributed by atoms with van der Waals surface area (Å²) in [5.41, 5.74) is 0.494. The molecule has 4 nitrogen and oxygen atoms in total. The highest BCUT2D eigenvalue weighted by Gasteiger charge is 2.25. The number of urea groups is 1. The Hall–Kier alpha value is -1.34. The van der Waals surface area contributed by atoms with Crippen LogP contribution in [0.5, 0.6) is 0 Å². The molecule has 1 fully saturated rings. The predicted octanol–water partition coefficient (Wildman–Crippen LogP) is 2.85. The molecule has 1 heterocycles. The molecule has 1 aromatic carbocycles. The second kappa shape index (κ2) is 6.90. The first-order chi connectivity index (χ1) is 9.58. The minimum atomic E-state index is -2.48. The van der Waals surface area contributed by atoms with Gasteiger partial charge in [-0.05, 0) is 24.6 Å². The summed E-state index contributed by atoms with van der Waals surface area (Å²) in [6, 6.07) is 6.12. The van der Waals surface area contributed by atoms with E-state index in [2.05, 4.69) is 5.32 Å². The molecule has 0 radical (unpaired) electrons. The third-order valence-corrected chi connectivity index (χ3v) is 3.85. The Morgan fingerprint density at radius 3 is 3.00 bits per heavy atom. The predicted molar refractivity (Wildman–Crippen MR) is 74.1 cm³/mol. The molecule has 0 saturated carbocycles. The molecule has 0 aliphatic carbocycles. The standard InChI is InChI=1S/C13H16F2N2O2S/c14-12(15)20-11-3-1-2-10(6-11)16-13(19)17-5-4-9(7-17)8-18/h1-3,6,9,12,18H,4-5,7-8H2,(H,16,19). The number of aliphatic hydroxyl groups excluding tert-OH is 1. The molecule has 0 bridgehead atoms. The quantitative estimate of drug-likeness (QED) is 0.841. The molecule has 1 atom stereocenters. The van der Waals surface area contributed by atoms with Crippen LogP contribution in [0, 0.1) is 5.92 Å².